The zero-order valence-corrected chi connectivity index (χ0v) is 22.8. The van der Waals surface area contributed by atoms with Crippen molar-refractivity contribution >= 4 is 27.4 Å². The minimum atomic E-state index is -3.69. The Morgan fingerprint density at radius 3 is 2.33 bits per heavy atom. The van der Waals surface area contributed by atoms with Gasteiger partial charge in [0.15, 0.2) is 15.7 Å². The van der Waals surface area contributed by atoms with Crippen molar-refractivity contribution in [1.82, 2.24) is 15.3 Å². The molecule has 0 radical (unpaired) electrons. The molecule has 3 aromatic rings. The Balaban J connectivity index is 1.55. The van der Waals surface area contributed by atoms with E-state index in [9.17, 15) is 13.2 Å². The molecule has 2 heterocycles. The normalized spacial score (nSPS) is 20.3. The maximum Gasteiger partial charge on any atom is 0.319 e. The average molecular weight is 552 g/mol. The lowest BCUT2D eigenvalue weighted by molar-refractivity contribution is 0.0752. The number of benzene rings is 2. The molecule has 5 rings (SSSR count). The standard InChI is InChI=1S/C28H33N5O5S/c1-19-17-38-18-20(2)33(19)25-16-24(28(12-13-28)39(36,37)23-6-4-3-5-7-23)31-26(32-25)21-8-10-22(11-9-21)30-27(35)29-14-15-34/h3-11,16,19-20,34H,12-15,17-18H2,1-2H3,(H2,29,30,35)/t19-,20-/m0/s1. The van der Waals surface area contributed by atoms with Gasteiger partial charge in [0.05, 0.1) is 42.5 Å². The molecule has 2 atom stereocenters. The number of amides is 2. The van der Waals surface area contributed by atoms with Crippen LogP contribution in [0.3, 0.4) is 0 Å². The van der Waals surface area contributed by atoms with Crippen molar-refractivity contribution < 1.29 is 23.1 Å². The molecule has 11 heteroatoms. The molecule has 2 amide bonds. The highest BCUT2D eigenvalue weighted by Crippen LogP contribution is 2.55. The lowest BCUT2D eigenvalue weighted by atomic mass is 10.1. The fraction of sp³-hybridized carbons (Fsp3) is 0.393. The highest BCUT2D eigenvalue weighted by atomic mass is 32.2. The largest absolute Gasteiger partial charge is 0.395 e. The third-order valence-corrected chi connectivity index (χ3v) is 9.72. The highest BCUT2D eigenvalue weighted by Gasteiger charge is 2.58. The Morgan fingerprint density at radius 2 is 1.72 bits per heavy atom. The number of hydrogen-bond donors (Lipinski definition) is 3. The molecule has 1 aliphatic heterocycles. The third-order valence-electron chi connectivity index (χ3n) is 7.18. The number of carbonyl (C=O) groups is 1. The van der Waals surface area contributed by atoms with Crippen LogP contribution in [0.4, 0.5) is 16.3 Å². The number of carbonyl (C=O) groups excluding carboxylic acids is 1. The lowest BCUT2D eigenvalue weighted by Crippen LogP contribution is -2.50. The summed E-state index contributed by atoms with van der Waals surface area (Å²) in [4.78, 5) is 24.1. The fourth-order valence-electron chi connectivity index (χ4n) is 5.03. The van der Waals surface area contributed by atoms with E-state index >= 15 is 0 Å². The smallest absolute Gasteiger partial charge is 0.319 e. The van der Waals surface area contributed by atoms with Gasteiger partial charge in [0, 0.05) is 23.9 Å². The molecule has 1 saturated carbocycles. The van der Waals surface area contributed by atoms with Crippen molar-refractivity contribution in [3.63, 3.8) is 0 Å². The zero-order chi connectivity index (χ0) is 27.6. The Bertz CT molecular complexity index is 1420. The predicted molar refractivity (Wildman–Crippen MR) is 148 cm³/mol. The third kappa shape index (κ3) is 5.34. The summed E-state index contributed by atoms with van der Waals surface area (Å²) in [5.41, 5.74) is 1.75. The minimum Gasteiger partial charge on any atom is -0.395 e. The highest BCUT2D eigenvalue weighted by molar-refractivity contribution is 7.92. The summed E-state index contributed by atoms with van der Waals surface area (Å²) < 4.78 is 32.3. The molecule has 39 heavy (non-hydrogen) atoms. The SMILES string of the molecule is C[C@H]1COC[C@H](C)N1c1cc(C2(S(=O)(=O)c3ccccc3)CC2)nc(-c2ccc(NC(=O)NCCO)cc2)n1. The van der Waals surface area contributed by atoms with E-state index in [1.807, 2.05) is 6.07 Å². The number of aliphatic hydroxyl groups is 1. The van der Waals surface area contributed by atoms with Crippen LogP contribution in [0.15, 0.2) is 65.6 Å². The maximum absolute atomic E-state index is 13.8. The van der Waals surface area contributed by atoms with E-state index in [2.05, 4.69) is 29.4 Å². The molecule has 2 fully saturated rings. The number of ether oxygens (including phenoxy) is 1. The van der Waals surface area contributed by atoms with Gasteiger partial charge in [-0.2, -0.15) is 0 Å². The summed E-state index contributed by atoms with van der Waals surface area (Å²) in [6, 6.07) is 17.1. The molecule has 2 aromatic carbocycles. The molecular weight excluding hydrogens is 518 g/mol. The number of nitrogens with zero attached hydrogens (tertiary/aromatic N) is 3. The monoisotopic (exact) mass is 551 g/mol. The Morgan fingerprint density at radius 1 is 1.05 bits per heavy atom. The summed E-state index contributed by atoms with van der Waals surface area (Å²) in [6.45, 7) is 5.22. The van der Waals surface area contributed by atoms with Crippen LogP contribution in [0.25, 0.3) is 11.4 Å². The van der Waals surface area contributed by atoms with Gasteiger partial charge in [-0.25, -0.2) is 23.2 Å². The van der Waals surface area contributed by atoms with Gasteiger partial charge in [0.2, 0.25) is 0 Å². The number of aromatic nitrogens is 2. The second-order valence-electron chi connectivity index (χ2n) is 10.1. The average Bonchev–Trinajstić information content (AvgIpc) is 3.76. The first-order chi connectivity index (χ1) is 18.7. The minimum absolute atomic E-state index is 0.0502. The van der Waals surface area contributed by atoms with Crippen molar-refractivity contribution in [3.05, 3.63) is 66.4 Å². The van der Waals surface area contributed by atoms with Crippen LogP contribution in [0.5, 0.6) is 0 Å². The molecule has 1 aliphatic carbocycles. The second-order valence-corrected chi connectivity index (χ2v) is 12.3. The van der Waals surface area contributed by atoms with Crippen LogP contribution in [-0.4, -0.2) is 68.0 Å². The van der Waals surface area contributed by atoms with Crippen molar-refractivity contribution in [1.29, 1.82) is 0 Å². The topological polar surface area (TPSA) is 134 Å². The van der Waals surface area contributed by atoms with Crippen molar-refractivity contribution in [2.45, 2.75) is 48.4 Å². The Hall–Kier alpha value is -3.54. The van der Waals surface area contributed by atoms with E-state index in [0.29, 0.717) is 54.6 Å². The molecule has 206 valence electrons. The molecule has 0 spiro atoms. The lowest BCUT2D eigenvalue weighted by Gasteiger charge is -2.40. The number of rotatable bonds is 8. The van der Waals surface area contributed by atoms with Crippen LogP contribution in [0, 0.1) is 0 Å². The summed E-state index contributed by atoms with van der Waals surface area (Å²) >= 11 is 0. The molecule has 0 unspecified atom stereocenters. The van der Waals surface area contributed by atoms with Crippen molar-refractivity contribution in [2.24, 2.45) is 0 Å². The van der Waals surface area contributed by atoms with E-state index in [4.69, 9.17) is 19.8 Å². The maximum atomic E-state index is 13.8. The first-order valence-corrected chi connectivity index (χ1v) is 14.5. The quantitative estimate of drug-likeness (QED) is 0.388. The van der Waals surface area contributed by atoms with Gasteiger partial charge >= 0.3 is 6.03 Å². The molecule has 10 nitrogen and oxygen atoms in total. The first kappa shape index (κ1) is 27.0. The van der Waals surface area contributed by atoms with E-state index in [0.717, 1.165) is 0 Å². The van der Waals surface area contributed by atoms with Crippen LogP contribution >= 0.6 is 0 Å². The van der Waals surface area contributed by atoms with E-state index in [1.54, 1.807) is 54.6 Å². The van der Waals surface area contributed by atoms with Gasteiger partial charge in [0.1, 0.15) is 10.6 Å². The van der Waals surface area contributed by atoms with Gasteiger partial charge in [-0.3, -0.25) is 0 Å². The molecule has 1 saturated heterocycles. The summed E-state index contributed by atoms with van der Waals surface area (Å²) in [7, 11) is -3.69. The van der Waals surface area contributed by atoms with E-state index in [-0.39, 0.29) is 30.1 Å². The van der Waals surface area contributed by atoms with Crippen LogP contribution in [-0.2, 0) is 19.3 Å². The number of morpholine rings is 1. The number of sulfone groups is 1. The second kappa shape index (κ2) is 10.9. The van der Waals surface area contributed by atoms with Gasteiger partial charge in [-0.05, 0) is 63.1 Å². The molecule has 3 N–H and O–H groups in total. The van der Waals surface area contributed by atoms with Gasteiger partial charge in [-0.1, -0.05) is 18.2 Å². The van der Waals surface area contributed by atoms with Gasteiger partial charge in [0.25, 0.3) is 0 Å². The van der Waals surface area contributed by atoms with Crippen molar-refractivity contribution in [2.75, 3.05) is 36.6 Å². The van der Waals surface area contributed by atoms with Crippen LogP contribution in [0.1, 0.15) is 32.4 Å². The number of hydrogen-bond acceptors (Lipinski definition) is 8. The number of nitrogens with one attached hydrogen (secondary N) is 2. The Kier molecular flexibility index (Phi) is 7.57. The predicted octanol–water partition coefficient (Wildman–Crippen LogP) is 3.33. The van der Waals surface area contributed by atoms with E-state index < -0.39 is 20.6 Å². The molecule has 0 bridgehead atoms. The first-order valence-electron chi connectivity index (χ1n) is 13.1. The van der Waals surface area contributed by atoms with Gasteiger partial charge < -0.3 is 25.4 Å². The van der Waals surface area contributed by atoms with Crippen LogP contribution < -0.4 is 15.5 Å². The van der Waals surface area contributed by atoms with E-state index in [1.165, 1.54) is 0 Å². The summed E-state index contributed by atoms with van der Waals surface area (Å²) in [5, 5.41) is 14.1. The fourth-order valence-corrected chi connectivity index (χ4v) is 7.02. The number of anilines is 2. The molecule has 1 aromatic heterocycles. The Labute approximate surface area is 228 Å². The van der Waals surface area contributed by atoms with Gasteiger partial charge in [-0.15, -0.1) is 0 Å². The number of urea groups is 1. The zero-order valence-electron chi connectivity index (χ0n) is 22.0. The van der Waals surface area contributed by atoms with Crippen molar-refractivity contribution in [3.8, 4) is 11.4 Å². The molecular formula is C28H33N5O5S. The molecule has 2 aliphatic rings. The summed E-state index contributed by atoms with van der Waals surface area (Å²) in [5.74, 6) is 1.08. The summed E-state index contributed by atoms with van der Waals surface area (Å²) in [6.07, 6.45) is 0.973. The van der Waals surface area contributed by atoms with Crippen LogP contribution in [0.2, 0.25) is 0 Å². The number of aliphatic hydroxyl groups excluding tert-OH is 1.